The van der Waals surface area contributed by atoms with Gasteiger partial charge in [-0.25, -0.2) is 0 Å². The van der Waals surface area contributed by atoms with Crippen molar-refractivity contribution in [2.24, 2.45) is 0 Å². The molecule has 0 aliphatic rings. The van der Waals surface area contributed by atoms with E-state index < -0.39 is 10.1 Å². The Morgan fingerprint density at radius 3 is 2.21 bits per heavy atom. The van der Waals surface area contributed by atoms with Crippen LogP contribution in [0.2, 0.25) is 0 Å². The maximum atomic E-state index is 12.0. The van der Waals surface area contributed by atoms with Gasteiger partial charge in [-0.2, -0.15) is 8.42 Å². The Balaban J connectivity index is 1.57. The Morgan fingerprint density at radius 1 is 0.833 bits per heavy atom. The summed E-state index contributed by atoms with van der Waals surface area (Å²) in [6.07, 6.45) is 2.46. The third-order valence-electron chi connectivity index (χ3n) is 3.59. The monoisotopic (exact) mass is 348 g/mol. The maximum absolute atomic E-state index is 12.0. The molecular weight excluding hydrogens is 324 g/mol. The molecule has 2 aromatic carbocycles. The van der Waals surface area contributed by atoms with Crippen LogP contribution in [-0.2, 0) is 25.6 Å². The summed E-state index contributed by atoms with van der Waals surface area (Å²) < 4.78 is 34.6. The van der Waals surface area contributed by atoms with E-state index in [0.717, 1.165) is 24.0 Å². The van der Waals surface area contributed by atoms with Crippen molar-refractivity contribution < 1.29 is 17.3 Å². The summed E-state index contributed by atoms with van der Waals surface area (Å²) in [6, 6.07) is 16.7. The van der Waals surface area contributed by atoms with E-state index in [1.54, 1.807) is 24.3 Å². The highest BCUT2D eigenvalue weighted by Gasteiger charge is 2.14. The van der Waals surface area contributed by atoms with Crippen molar-refractivity contribution in [2.45, 2.75) is 37.7 Å². The molecule has 0 atom stereocenters. The molecule has 0 spiro atoms. The predicted molar refractivity (Wildman–Crippen MR) is 94.3 cm³/mol. The molecule has 130 valence electrons. The van der Waals surface area contributed by atoms with Crippen molar-refractivity contribution in [3.05, 3.63) is 65.7 Å². The number of unbranched alkanes of at least 4 members (excludes halogenated alkanes) is 2. The van der Waals surface area contributed by atoms with Gasteiger partial charge in [0.25, 0.3) is 10.1 Å². The molecule has 0 saturated heterocycles. The molecular formula is C19H24O4S. The standard InChI is InChI=1S/C19H24O4S/c1-17-10-12-19(13-11-17)24(20,21)23-15-7-3-6-14-22-16-18-8-4-2-5-9-18/h2,4-5,8-13H,3,6-7,14-16H2,1H3. The van der Waals surface area contributed by atoms with Gasteiger partial charge in [-0.3, -0.25) is 4.18 Å². The molecule has 0 aliphatic carbocycles. The van der Waals surface area contributed by atoms with Crippen LogP contribution in [-0.4, -0.2) is 21.6 Å². The van der Waals surface area contributed by atoms with E-state index >= 15 is 0 Å². The van der Waals surface area contributed by atoms with Gasteiger partial charge in [0.2, 0.25) is 0 Å². The molecule has 0 bridgehead atoms. The second-order valence-corrected chi connectivity index (χ2v) is 7.30. The summed E-state index contributed by atoms with van der Waals surface area (Å²) in [7, 11) is -3.64. The van der Waals surface area contributed by atoms with Crippen molar-refractivity contribution in [2.75, 3.05) is 13.2 Å². The van der Waals surface area contributed by atoms with Crippen molar-refractivity contribution in [3.8, 4) is 0 Å². The minimum atomic E-state index is -3.64. The predicted octanol–water partition coefficient (Wildman–Crippen LogP) is 4.09. The minimum Gasteiger partial charge on any atom is -0.377 e. The van der Waals surface area contributed by atoms with Gasteiger partial charge in [-0.1, -0.05) is 48.0 Å². The molecule has 0 N–H and O–H groups in total. The van der Waals surface area contributed by atoms with Gasteiger partial charge >= 0.3 is 0 Å². The molecule has 2 aromatic rings. The fourth-order valence-electron chi connectivity index (χ4n) is 2.19. The molecule has 2 rings (SSSR count). The fraction of sp³-hybridized carbons (Fsp3) is 0.368. The van der Waals surface area contributed by atoms with Crippen LogP contribution in [0, 0.1) is 6.92 Å². The van der Waals surface area contributed by atoms with Gasteiger partial charge in [0.1, 0.15) is 0 Å². The first-order valence-corrected chi connectivity index (χ1v) is 9.56. The summed E-state index contributed by atoms with van der Waals surface area (Å²) >= 11 is 0. The first kappa shape index (κ1) is 18.6. The third-order valence-corrected chi connectivity index (χ3v) is 4.92. The van der Waals surface area contributed by atoms with Gasteiger partial charge in [0.15, 0.2) is 0 Å². The lowest BCUT2D eigenvalue weighted by Crippen LogP contribution is -2.08. The average Bonchev–Trinajstić information content (AvgIpc) is 2.58. The third kappa shape index (κ3) is 6.43. The summed E-state index contributed by atoms with van der Waals surface area (Å²) in [5.74, 6) is 0. The van der Waals surface area contributed by atoms with Crippen LogP contribution >= 0.6 is 0 Å². The molecule has 0 unspecified atom stereocenters. The van der Waals surface area contributed by atoms with Crippen LogP contribution in [0.5, 0.6) is 0 Å². The van der Waals surface area contributed by atoms with Gasteiger partial charge in [0, 0.05) is 6.61 Å². The Labute approximate surface area is 144 Å². The van der Waals surface area contributed by atoms with Crippen molar-refractivity contribution in [1.82, 2.24) is 0 Å². The molecule has 0 aromatic heterocycles. The summed E-state index contributed by atoms with van der Waals surface area (Å²) in [5.41, 5.74) is 2.18. The van der Waals surface area contributed by atoms with Crippen molar-refractivity contribution in [1.29, 1.82) is 0 Å². The highest BCUT2D eigenvalue weighted by atomic mass is 32.2. The topological polar surface area (TPSA) is 52.6 Å². The zero-order valence-electron chi connectivity index (χ0n) is 14.0. The minimum absolute atomic E-state index is 0.203. The average molecular weight is 348 g/mol. The van der Waals surface area contributed by atoms with E-state index in [2.05, 4.69) is 0 Å². The molecule has 0 aliphatic heterocycles. The molecule has 0 saturated carbocycles. The van der Waals surface area contributed by atoms with Crippen LogP contribution in [0.1, 0.15) is 30.4 Å². The first-order valence-electron chi connectivity index (χ1n) is 8.16. The molecule has 0 heterocycles. The summed E-state index contributed by atoms with van der Waals surface area (Å²) in [6.45, 7) is 3.39. The quantitative estimate of drug-likeness (QED) is 0.479. The van der Waals surface area contributed by atoms with Crippen LogP contribution in [0.15, 0.2) is 59.5 Å². The van der Waals surface area contributed by atoms with Crippen molar-refractivity contribution >= 4 is 10.1 Å². The summed E-state index contributed by atoms with van der Waals surface area (Å²) in [4.78, 5) is 0.208. The number of benzene rings is 2. The lowest BCUT2D eigenvalue weighted by Gasteiger charge is -2.07. The normalized spacial score (nSPS) is 11.5. The second-order valence-electron chi connectivity index (χ2n) is 5.69. The number of aryl methyl sites for hydroxylation is 1. The van der Waals surface area contributed by atoms with Crippen molar-refractivity contribution in [3.63, 3.8) is 0 Å². The number of rotatable bonds is 10. The Hall–Kier alpha value is -1.69. The Kier molecular flexibility index (Phi) is 7.43. The number of ether oxygens (including phenoxy) is 1. The lowest BCUT2D eigenvalue weighted by atomic mass is 10.2. The lowest BCUT2D eigenvalue weighted by molar-refractivity contribution is 0.116. The van der Waals surface area contributed by atoms with E-state index in [9.17, 15) is 8.42 Å². The Morgan fingerprint density at radius 2 is 1.50 bits per heavy atom. The smallest absolute Gasteiger partial charge is 0.296 e. The number of hydrogen-bond donors (Lipinski definition) is 0. The highest BCUT2D eigenvalue weighted by molar-refractivity contribution is 7.86. The second kappa shape index (κ2) is 9.57. The zero-order chi connectivity index (χ0) is 17.3. The van der Waals surface area contributed by atoms with Crippen LogP contribution in [0.3, 0.4) is 0 Å². The van der Waals surface area contributed by atoms with E-state index in [0.29, 0.717) is 19.6 Å². The molecule has 5 heteroatoms. The molecule has 24 heavy (non-hydrogen) atoms. The van der Waals surface area contributed by atoms with Crippen LogP contribution < -0.4 is 0 Å². The van der Waals surface area contributed by atoms with Gasteiger partial charge < -0.3 is 4.74 Å². The molecule has 0 fully saturated rings. The first-order chi connectivity index (χ1) is 11.6. The SMILES string of the molecule is Cc1ccc(S(=O)(=O)OCCCCCOCc2ccccc2)cc1. The number of hydrogen-bond acceptors (Lipinski definition) is 4. The van der Waals surface area contributed by atoms with Gasteiger partial charge in [0.05, 0.1) is 18.1 Å². The molecule has 4 nitrogen and oxygen atoms in total. The Bertz CT molecular complexity index is 694. The fourth-order valence-corrected chi connectivity index (χ4v) is 3.13. The van der Waals surface area contributed by atoms with E-state index in [1.807, 2.05) is 37.3 Å². The van der Waals surface area contributed by atoms with E-state index in [1.165, 1.54) is 0 Å². The molecule has 0 amide bonds. The van der Waals surface area contributed by atoms with Gasteiger partial charge in [-0.15, -0.1) is 0 Å². The van der Waals surface area contributed by atoms with E-state index in [-0.39, 0.29) is 11.5 Å². The van der Waals surface area contributed by atoms with Crippen LogP contribution in [0.25, 0.3) is 0 Å². The zero-order valence-corrected chi connectivity index (χ0v) is 14.8. The largest absolute Gasteiger partial charge is 0.377 e. The van der Waals surface area contributed by atoms with E-state index in [4.69, 9.17) is 8.92 Å². The molecule has 0 radical (unpaired) electrons. The highest BCUT2D eigenvalue weighted by Crippen LogP contribution is 2.14. The van der Waals surface area contributed by atoms with Gasteiger partial charge in [-0.05, 0) is 43.9 Å². The van der Waals surface area contributed by atoms with Crippen LogP contribution in [0.4, 0.5) is 0 Å². The maximum Gasteiger partial charge on any atom is 0.296 e. The summed E-state index contributed by atoms with van der Waals surface area (Å²) in [5, 5.41) is 0.